The fraction of sp³-hybridized carbons (Fsp3) is 0.0667. The highest BCUT2D eigenvalue weighted by atomic mass is 32.2. The molecule has 4 rings (SSSR count). The van der Waals surface area contributed by atoms with Crippen molar-refractivity contribution in [1.29, 1.82) is 0 Å². The van der Waals surface area contributed by atoms with Gasteiger partial charge in [0.25, 0.3) is 0 Å². The lowest BCUT2D eigenvalue weighted by atomic mass is 10.1. The number of aromatic hydroxyl groups is 2. The molecule has 2 N–H and O–H groups in total. The predicted octanol–water partition coefficient (Wildman–Crippen LogP) is 6.72. The smallest absolute Gasteiger partial charge is 0.171 e. The minimum atomic E-state index is -3.87. The standard InChI is InChI=1S/C30H26O4S/c31-27-17-13-25(14-18-27)29(21-11-23-7-3-1-4-8-23)35(33,34)30(26-15-19-28(32)20-16-26)22-12-24-9-5-2-6-10-24/h1-22,29-32H. The number of rotatable bonds is 8. The second-order valence-electron chi connectivity index (χ2n) is 8.15. The molecule has 5 heteroatoms. The Kier molecular flexibility index (Phi) is 7.48. The zero-order valence-corrected chi connectivity index (χ0v) is 19.8. The molecule has 0 spiro atoms. The monoisotopic (exact) mass is 482 g/mol. The van der Waals surface area contributed by atoms with E-state index >= 15 is 0 Å². The quantitative estimate of drug-likeness (QED) is 0.292. The molecule has 4 aromatic carbocycles. The van der Waals surface area contributed by atoms with Gasteiger partial charge in [-0.05, 0) is 46.5 Å². The Hall–Kier alpha value is -4.09. The third kappa shape index (κ3) is 6.08. The first kappa shape index (κ1) is 24.0. The number of phenolic OH excluding ortho intramolecular Hbond substituents is 2. The first-order valence-corrected chi connectivity index (χ1v) is 12.8. The molecule has 2 atom stereocenters. The van der Waals surface area contributed by atoms with Crippen molar-refractivity contribution < 1.29 is 18.6 Å². The summed E-state index contributed by atoms with van der Waals surface area (Å²) in [6.45, 7) is 0. The van der Waals surface area contributed by atoms with Gasteiger partial charge in [0.05, 0.1) is 0 Å². The number of hydrogen-bond donors (Lipinski definition) is 2. The van der Waals surface area contributed by atoms with Crippen molar-refractivity contribution in [3.8, 4) is 11.5 Å². The molecular formula is C30H26O4S. The van der Waals surface area contributed by atoms with Gasteiger partial charge in [-0.2, -0.15) is 0 Å². The van der Waals surface area contributed by atoms with Crippen LogP contribution in [0.2, 0.25) is 0 Å². The van der Waals surface area contributed by atoms with Gasteiger partial charge in [0, 0.05) is 0 Å². The first-order valence-electron chi connectivity index (χ1n) is 11.2. The highest BCUT2D eigenvalue weighted by molar-refractivity contribution is 7.92. The van der Waals surface area contributed by atoms with Crippen LogP contribution in [0.5, 0.6) is 11.5 Å². The van der Waals surface area contributed by atoms with Crippen molar-refractivity contribution in [2.24, 2.45) is 0 Å². The number of sulfone groups is 1. The molecule has 0 amide bonds. The molecule has 0 saturated heterocycles. The van der Waals surface area contributed by atoms with E-state index in [4.69, 9.17) is 0 Å². The fourth-order valence-electron chi connectivity index (χ4n) is 3.83. The van der Waals surface area contributed by atoms with Gasteiger partial charge in [-0.15, -0.1) is 0 Å². The molecule has 35 heavy (non-hydrogen) atoms. The zero-order chi connectivity index (χ0) is 24.7. The molecule has 0 aromatic heterocycles. The largest absolute Gasteiger partial charge is 0.508 e. The summed E-state index contributed by atoms with van der Waals surface area (Å²) in [6.07, 6.45) is 6.95. The Morgan fingerprint density at radius 1 is 0.514 bits per heavy atom. The van der Waals surface area contributed by atoms with E-state index in [9.17, 15) is 18.6 Å². The summed E-state index contributed by atoms with van der Waals surface area (Å²) in [5.74, 6) is 0.131. The zero-order valence-electron chi connectivity index (χ0n) is 19.0. The van der Waals surface area contributed by atoms with E-state index < -0.39 is 20.3 Å². The second-order valence-corrected chi connectivity index (χ2v) is 10.3. The SMILES string of the molecule is O=S(=O)(C(C=Cc1ccccc1)c1ccc(O)cc1)C(C=Cc1ccccc1)c1ccc(O)cc1. The third-order valence-electron chi connectivity index (χ3n) is 5.68. The molecule has 4 aromatic rings. The highest BCUT2D eigenvalue weighted by Crippen LogP contribution is 2.38. The van der Waals surface area contributed by atoms with Crippen molar-refractivity contribution in [3.05, 3.63) is 144 Å². The average molecular weight is 483 g/mol. The molecule has 0 saturated carbocycles. The van der Waals surface area contributed by atoms with E-state index in [1.807, 2.05) is 60.7 Å². The van der Waals surface area contributed by atoms with Gasteiger partial charge >= 0.3 is 0 Å². The van der Waals surface area contributed by atoms with Crippen LogP contribution in [0.25, 0.3) is 12.2 Å². The van der Waals surface area contributed by atoms with Crippen LogP contribution in [0.4, 0.5) is 0 Å². The lowest BCUT2D eigenvalue weighted by Gasteiger charge is -2.22. The lowest BCUT2D eigenvalue weighted by molar-refractivity contribution is 0.474. The minimum absolute atomic E-state index is 0.0657. The fourth-order valence-corrected chi connectivity index (χ4v) is 5.82. The Labute approximate surface area is 206 Å². The maximum atomic E-state index is 14.2. The van der Waals surface area contributed by atoms with Gasteiger partial charge in [-0.1, -0.05) is 109 Å². The van der Waals surface area contributed by atoms with Crippen LogP contribution in [-0.2, 0) is 9.84 Å². The van der Waals surface area contributed by atoms with Gasteiger partial charge in [-0.3, -0.25) is 0 Å². The van der Waals surface area contributed by atoms with Crippen LogP contribution in [-0.4, -0.2) is 18.6 Å². The van der Waals surface area contributed by atoms with E-state index in [1.165, 1.54) is 24.3 Å². The predicted molar refractivity (Wildman–Crippen MR) is 142 cm³/mol. The van der Waals surface area contributed by atoms with E-state index in [1.54, 1.807) is 48.6 Å². The number of hydrogen-bond acceptors (Lipinski definition) is 4. The van der Waals surface area contributed by atoms with Crippen molar-refractivity contribution in [2.45, 2.75) is 10.5 Å². The van der Waals surface area contributed by atoms with Crippen LogP contribution >= 0.6 is 0 Å². The molecular weight excluding hydrogens is 456 g/mol. The summed E-state index contributed by atoms with van der Waals surface area (Å²) >= 11 is 0. The molecule has 4 nitrogen and oxygen atoms in total. The van der Waals surface area contributed by atoms with Crippen molar-refractivity contribution in [2.75, 3.05) is 0 Å². The summed E-state index contributed by atoms with van der Waals surface area (Å²) in [6, 6.07) is 31.5. The molecule has 0 fully saturated rings. The molecule has 0 bridgehead atoms. The van der Waals surface area contributed by atoms with Gasteiger partial charge in [0.2, 0.25) is 0 Å². The van der Waals surface area contributed by atoms with Crippen LogP contribution in [0, 0.1) is 0 Å². The maximum Gasteiger partial charge on any atom is 0.171 e. The normalized spacial score (nSPS) is 13.7. The molecule has 0 aliphatic rings. The van der Waals surface area contributed by atoms with Gasteiger partial charge in [0.1, 0.15) is 22.0 Å². The molecule has 0 aliphatic carbocycles. The Morgan fingerprint density at radius 2 is 0.857 bits per heavy atom. The number of phenols is 2. The minimum Gasteiger partial charge on any atom is -0.508 e. The molecule has 0 radical (unpaired) electrons. The summed E-state index contributed by atoms with van der Waals surface area (Å²) in [5, 5.41) is 17.6. The van der Waals surface area contributed by atoms with Crippen LogP contribution in [0.3, 0.4) is 0 Å². The third-order valence-corrected chi connectivity index (χ3v) is 7.95. The Bertz CT molecular complexity index is 1290. The molecule has 0 aliphatic heterocycles. The van der Waals surface area contributed by atoms with Crippen molar-refractivity contribution in [1.82, 2.24) is 0 Å². The van der Waals surface area contributed by atoms with Gasteiger partial charge in [0.15, 0.2) is 9.84 Å². The first-order chi connectivity index (χ1) is 16.9. The Balaban J connectivity index is 1.82. The van der Waals surface area contributed by atoms with E-state index in [2.05, 4.69) is 0 Å². The second kappa shape index (κ2) is 10.9. The topological polar surface area (TPSA) is 74.6 Å². The maximum absolute atomic E-state index is 14.2. The van der Waals surface area contributed by atoms with Crippen LogP contribution < -0.4 is 0 Å². The van der Waals surface area contributed by atoms with Crippen molar-refractivity contribution in [3.63, 3.8) is 0 Å². The highest BCUT2D eigenvalue weighted by Gasteiger charge is 2.33. The summed E-state index contributed by atoms with van der Waals surface area (Å²) in [4.78, 5) is 0. The summed E-state index contributed by atoms with van der Waals surface area (Å²) < 4.78 is 28.4. The van der Waals surface area contributed by atoms with E-state index in [0.29, 0.717) is 11.1 Å². The van der Waals surface area contributed by atoms with Gasteiger partial charge in [-0.25, -0.2) is 8.42 Å². The molecule has 0 heterocycles. The number of benzene rings is 4. The molecule has 2 unspecified atom stereocenters. The van der Waals surface area contributed by atoms with E-state index in [-0.39, 0.29) is 11.5 Å². The average Bonchev–Trinajstić information content (AvgIpc) is 2.87. The van der Waals surface area contributed by atoms with Crippen molar-refractivity contribution >= 4 is 22.0 Å². The molecule has 176 valence electrons. The lowest BCUT2D eigenvalue weighted by Crippen LogP contribution is -2.19. The Morgan fingerprint density at radius 3 is 1.20 bits per heavy atom. The summed E-state index contributed by atoms with van der Waals surface area (Å²) in [5.41, 5.74) is 2.86. The van der Waals surface area contributed by atoms with E-state index in [0.717, 1.165) is 11.1 Å². The van der Waals surface area contributed by atoms with Gasteiger partial charge < -0.3 is 10.2 Å². The van der Waals surface area contributed by atoms with Crippen LogP contribution in [0.1, 0.15) is 32.8 Å². The summed E-state index contributed by atoms with van der Waals surface area (Å²) in [7, 11) is -3.87. The van der Waals surface area contributed by atoms with Crippen LogP contribution in [0.15, 0.2) is 121 Å².